The van der Waals surface area contributed by atoms with Crippen molar-refractivity contribution in [3.63, 3.8) is 0 Å². The van der Waals surface area contributed by atoms with Gasteiger partial charge in [-0.25, -0.2) is 4.79 Å². The Morgan fingerprint density at radius 2 is 2.12 bits per heavy atom. The highest BCUT2D eigenvalue weighted by atomic mass is 35.5. The summed E-state index contributed by atoms with van der Waals surface area (Å²) >= 11 is 0. The number of ether oxygens (including phenoxy) is 1. The first kappa shape index (κ1) is 15.4. The summed E-state index contributed by atoms with van der Waals surface area (Å²) in [6.45, 7) is 1.96. The predicted octanol–water partition coefficient (Wildman–Crippen LogP) is 1.18. The molecule has 0 aromatic heterocycles. The minimum atomic E-state index is -0.411. The van der Waals surface area contributed by atoms with E-state index in [-0.39, 0.29) is 24.9 Å². The van der Waals surface area contributed by atoms with Crippen molar-refractivity contribution in [1.82, 2.24) is 0 Å². The van der Waals surface area contributed by atoms with Gasteiger partial charge in [0.2, 0.25) is 5.91 Å². The molecule has 6 heteroatoms. The lowest BCUT2D eigenvalue weighted by atomic mass is 10.2. The van der Waals surface area contributed by atoms with E-state index in [0.29, 0.717) is 17.9 Å². The molecule has 0 heterocycles. The molecular formula is C11H15ClN2O3. The SMILES string of the molecule is CCOC(=O)c1cccc(NC(=O)CN)c1.Cl. The largest absolute Gasteiger partial charge is 0.462 e. The van der Waals surface area contributed by atoms with Crippen molar-refractivity contribution in [3.8, 4) is 0 Å². The second-order valence-corrected chi connectivity index (χ2v) is 3.05. The zero-order valence-electron chi connectivity index (χ0n) is 9.43. The van der Waals surface area contributed by atoms with Crippen molar-refractivity contribution in [3.05, 3.63) is 29.8 Å². The van der Waals surface area contributed by atoms with Crippen LogP contribution in [0.5, 0.6) is 0 Å². The molecule has 94 valence electrons. The maximum absolute atomic E-state index is 11.4. The van der Waals surface area contributed by atoms with Crippen molar-refractivity contribution in [2.75, 3.05) is 18.5 Å². The van der Waals surface area contributed by atoms with E-state index in [0.717, 1.165) is 0 Å². The third-order valence-corrected chi connectivity index (χ3v) is 1.84. The van der Waals surface area contributed by atoms with Crippen molar-refractivity contribution in [2.45, 2.75) is 6.92 Å². The molecule has 0 saturated heterocycles. The summed E-state index contributed by atoms with van der Waals surface area (Å²) < 4.78 is 4.84. The van der Waals surface area contributed by atoms with Crippen LogP contribution in [-0.4, -0.2) is 25.0 Å². The Balaban J connectivity index is 0.00000256. The highest BCUT2D eigenvalue weighted by molar-refractivity contribution is 5.95. The highest BCUT2D eigenvalue weighted by Crippen LogP contribution is 2.11. The number of carbonyl (C=O) groups excluding carboxylic acids is 2. The zero-order valence-corrected chi connectivity index (χ0v) is 10.3. The quantitative estimate of drug-likeness (QED) is 0.795. The normalized spacial score (nSPS) is 9.06. The maximum atomic E-state index is 11.4. The van der Waals surface area contributed by atoms with Crippen LogP contribution in [0.3, 0.4) is 0 Å². The van der Waals surface area contributed by atoms with Gasteiger partial charge in [-0.05, 0) is 25.1 Å². The van der Waals surface area contributed by atoms with Crippen LogP contribution in [0.2, 0.25) is 0 Å². The smallest absolute Gasteiger partial charge is 0.338 e. The van der Waals surface area contributed by atoms with Gasteiger partial charge in [0.05, 0.1) is 18.7 Å². The van der Waals surface area contributed by atoms with Crippen LogP contribution in [0.15, 0.2) is 24.3 Å². The van der Waals surface area contributed by atoms with E-state index < -0.39 is 5.97 Å². The summed E-state index contributed by atoms with van der Waals surface area (Å²) in [7, 11) is 0. The van der Waals surface area contributed by atoms with Crippen LogP contribution in [0.25, 0.3) is 0 Å². The zero-order chi connectivity index (χ0) is 12.0. The van der Waals surface area contributed by atoms with Crippen LogP contribution in [-0.2, 0) is 9.53 Å². The molecule has 0 saturated carbocycles. The average Bonchev–Trinajstić information content (AvgIpc) is 2.29. The molecule has 0 spiro atoms. The van der Waals surface area contributed by atoms with Crippen LogP contribution < -0.4 is 11.1 Å². The topological polar surface area (TPSA) is 81.4 Å². The summed E-state index contributed by atoms with van der Waals surface area (Å²) in [5, 5.41) is 2.56. The minimum Gasteiger partial charge on any atom is -0.462 e. The standard InChI is InChI=1S/C11H14N2O3.ClH/c1-2-16-11(15)8-4-3-5-9(6-8)13-10(14)7-12;/h3-6H,2,7,12H2,1H3,(H,13,14);1H. The summed E-state index contributed by atoms with van der Waals surface area (Å²) in [6, 6.07) is 6.51. The number of nitrogens with two attached hydrogens (primary N) is 1. The van der Waals surface area contributed by atoms with Gasteiger partial charge in [0.1, 0.15) is 0 Å². The van der Waals surface area contributed by atoms with Crippen LogP contribution in [0.1, 0.15) is 17.3 Å². The Bertz CT molecular complexity index is 396. The summed E-state index contributed by atoms with van der Waals surface area (Å²) in [4.78, 5) is 22.4. The number of hydrogen-bond acceptors (Lipinski definition) is 4. The lowest BCUT2D eigenvalue weighted by Gasteiger charge is -2.05. The number of anilines is 1. The number of esters is 1. The molecule has 3 N–H and O–H groups in total. The number of amides is 1. The Morgan fingerprint density at radius 1 is 1.41 bits per heavy atom. The van der Waals surface area contributed by atoms with Gasteiger partial charge in [0.25, 0.3) is 0 Å². The lowest BCUT2D eigenvalue weighted by molar-refractivity contribution is -0.114. The number of nitrogens with one attached hydrogen (secondary N) is 1. The summed E-state index contributed by atoms with van der Waals surface area (Å²) in [5.74, 6) is -0.715. The molecule has 0 aliphatic heterocycles. The van der Waals surface area contributed by atoms with E-state index in [1.807, 2.05) is 0 Å². The molecule has 1 amide bonds. The summed E-state index contributed by atoms with van der Waals surface area (Å²) in [6.07, 6.45) is 0. The van der Waals surface area contributed by atoms with Gasteiger partial charge in [0, 0.05) is 5.69 Å². The molecule has 0 atom stereocenters. The minimum absolute atomic E-state index is 0. The van der Waals surface area contributed by atoms with Gasteiger partial charge in [-0.3, -0.25) is 4.79 Å². The Kier molecular flexibility index (Phi) is 6.93. The van der Waals surface area contributed by atoms with Crippen molar-refractivity contribution >= 4 is 30.0 Å². The van der Waals surface area contributed by atoms with E-state index >= 15 is 0 Å². The molecule has 0 radical (unpaired) electrons. The number of rotatable bonds is 4. The van der Waals surface area contributed by atoms with Crippen molar-refractivity contribution < 1.29 is 14.3 Å². The molecule has 0 aliphatic carbocycles. The van der Waals surface area contributed by atoms with Gasteiger partial charge in [-0.2, -0.15) is 0 Å². The first-order valence-corrected chi connectivity index (χ1v) is 4.94. The molecule has 17 heavy (non-hydrogen) atoms. The average molecular weight is 259 g/mol. The Morgan fingerprint density at radius 3 is 2.71 bits per heavy atom. The van der Waals surface area contributed by atoms with Crippen LogP contribution in [0.4, 0.5) is 5.69 Å². The van der Waals surface area contributed by atoms with Gasteiger partial charge in [0.15, 0.2) is 0 Å². The Labute approximate surface area is 106 Å². The first-order chi connectivity index (χ1) is 7.67. The van der Waals surface area contributed by atoms with E-state index in [4.69, 9.17) is 10.5 Å². The van der Waals surface area contributed by atoms with E-state index in [1.165, 1.54) is 0 Å². The lowest BCUT2D eigenvalue weighted by Crippen LogP contribution is -2.22. The number of benzene rings is 1. The van der Waals surface area contributed by atoms with Crippen LogP contribution in [0, 0.1) is 0 Å². The van der Waals surface area contributed by atoms with Gasteiger partial charge in [-0.1, -0.05) is 6.07 Å². The molecule has 1 aromatic carbocycles. The highest BCUT2D eigenvalue weighted by Gasteiger charge is 2.07. The molecule has 0 unspecified atom stereocenters. The monoisotopic (exact) mass is 258 g/mol. The predicted molar refractivity (Wildman–Crippen MR) is 67.3 cm³/mol. The number of carbonyl (C=O) groups is 2. The Hall–Kier alpha value is -1.59. The fourth-order valence-corrected chi connectivity index (χ4v) is 1.15. The van der Waals surface area contributed by atoms with E-state index in [1.54, 1.807) is 31.2 Å². The second-order valence-electron chi connectivity index (χ2n) is 3.05. The van der Waals surface area contributed by atoms with Gasteiger partial charge >= 0.3 is 5.97 Å². The second kappa shape index (κ2) is 7.65. The van der Waals surface area contributed by atoms with E-state index in [9.17, 15) is 9.59 Å². The van der Waals surface area contributed by atoms with Crippen molar-refractivity contribution in [1.29, 1.82) is 0 Å². The van der Waals surface area contributed by atoms with Crippen molar-refractivity contribution in [2.24, 2.45) is 5.73 Å². The molecule has 1 aromatic rings. The fourth-order valence-electron chi connectivity index (χ4n) is 1.15. The van der Waals surface area contributed by atoms with Gasteiger partial charge < -0.3 is 15.8 Å². The number of hydrogen-bond donors (Lipinski definition) is 2. The molecule has 0 bridgehead atoms. The number of halogens is 1. The van der Waals surface area contributed by atoms with Crippen LogP contribution >= 0.6 is 12.4 Å². The third kappa shape index (κ3) is 4.84. The maximum Gasteiger partial charge on any atom is 0.338 e. The molecule has 0 fully saturated rings. The van der Waals surface area contributed by atoms with Gasteiger partial charge in [-0.15, -0.1) is 12.4 Å². The third-order valence-electron chi connectivity index (χ3n) is 1.84. The molecule has 0 aliphatic rings. The molecular weight excluding hydrogens is 244 g/mol. The molecule has 1 rings (SSSR count). The fraction of sp³-hybridized carbons (Fsp3) is 0.273. The van der Waals surface area contributed by atoms with E-state index in [2.05, 4.69) is 5.32 Å². The first-order valence-electron chi connectivity index (χ1n) is 4.94. The molecule has 5 nitrogen and oxygen atoms in total. The summed E-state index contributed by atoms with van der Waals surface area (Å²) in [5.41, 5.74) is 6.09.